The van der Waals surface area contributed by atoms with E-state index in [1.165, 1.54) is 11.8 Å². The molecule has 260 valence electrons. The Morgan fingerprint density at radius 1 is 0.920 bits per heavy atom. The number of aromatic nitrogens is 2. The summed E-state index contributed by atoms with van der Waals surface area (Å²) in [5.74, 6) is 0.916. The third-order valence-corrected chi connectivity index (χ3v) is 8.77. The van der Waals surface area contributed by atoms with Gasteiger partial charge in [0, 0.05) is 57.3 Å². The van der Waals surface area contributed by atoms with Crippen LogP contribution in [0.2, 0.25) is 5.02 Å². The van der Waals surface area contributed by atoms with Gasteiger partial charge in [-0.1, -0.05) is 30.7 Å². The number of carbonyl (C=O) groups is 2. The molecule has 0 unspecified atom stereocenters. The summed E-state index contributed by atoms with van der Waals surface area (Å²) in [4.78, 5) is 34.7. The minimum absolute atomic E-state index is 0.0277. The van der Waals surface area contributed by atoms with Crippen LogP contribution < -0.4 is 14.8 Å². The van der Waals surface area contributed by atoms with E-state index in [2.05, 4.69) is 34.3 Å². The highest BCUT2D eigenvalue weighted by atomic mass is 35.5. The van der Waals surface area contributed by atoms with E-state index in [4.69, 9.17) is 21.1 Å². The van der Waals surface area contributed by atoms with Gasteiger partial charge in [-0.3, -0.25) is 14.5 Å². The predicted octanol–water partition coefficient (Wildman–Crippen LogP) is 8.04. The quantitative estimate of drug-likeness (QED) is 0.158. The van der Waals surface area contributed by atoms with Gasteiger partial charge in [-0.25, -0.2) is 4.98 Å². The molecule has 0 atom stereocenters. The number of aryl methyl sites for hydroxylation is 1. The van der Waals surface area contributed by atoms with E-state index >= 15 is 0 Å². The molecule has 0 radical (unpaired) electrons. The van der Waals surface area contributed by atoms with E-state index in [9.17, 15) is 22.8 Å². The van der Waals surface area contributed by atoms with Crippen LogP contribution in [0.1, 0.15) is 45.3 Å². The van der Waals surface area contributed by atoms with Gasteiger partial charge in [0.15, 0.2) is 0 Å². The molecule has 9 nitrogen and oxygen atoms in total. The molecule has 0 bridgehead atoms. The molecule has 3 aromatic carbocycles. The maximum absolute atomic E-state index is 13.6. The monoisotopic (exact) mass is 705 g/mol. The summed E-state index contributed by atoms with van der Waals surface area (Å²) in [7, 11) is 1.85. The highest BCUT2D eigenvalue weighted by Crippen LogP contribution is 2.33. The van der Waals surface area contributed by atoms with E-state index in [1.54, 1.807) is 18.2 Å². The van der Waals surface area contributed by atoms with Gasteiger partial charge in [0.25, 0.3) is 11.8 Å². The molecule has 0 spiro atoms. The first-order valence-electron chi connectivity index (χ1n) is 16.1. The molecule has 1 aliphatic heterocycles. The molecule has 13 heteroatoms. The Balaban J connectivity index is 1.04. The van der Waals surface area contributed by atoms with Crippen molar-refractivity contribution in [3.63, 3.8) is 0 Å². The van der Waals surface area contributed by atoms with Crippen molar-refractivity contribution in [1.29, 1.82) is 0 Å². The van der Waals surface area contributed by atoms with Crippen LogP contribution in [0.15, 0.2) is 85.1 Å². The molecule has 1 aliphatic rings. The number of benzene rings is 3. The number of halogens is 4. The molecule has 1 saturated heterocycles. The molecule has 6 rings (SSSR count). The van der Waals surface area contributed by atoms with Gasteiger partial charge >= 0.3 is 6.18 Å². The van der Waals surface area contributed by atoms with Crippen LogP contribution in [-0.2, 0) is 19.8 Å². The second-order valence-corrected chi connectivity index (χ2v) is 12.4. The minimum Gasteiger partial charge on any atom is -0.494 e. The summed E-state index contributed by atoms with van der Waals surface area (Å²) in [6.45, 7) is 6.42. The molecule has 3 heterocycles. The summed E-state index contributed by atoms with van der Waals surface area (Å²) in [6.07, 6.45) is -2.24. The smallest absolute Gasteiger partial charge is 0.416 e. The van der Waals surface area contributed by atoms with Crippen molar-refractivity contribution in [3.8, 4) is 17.4 Å². The SMILES string of the molecule is CCCOc1ccc(CN2CCN(C(=O)c3cc4ccc(Oc5ccc(NC(=O)c6ccc(C(F)(F)F)cc6Cl)cn5)cc4n3C)CC2)cc1. The van der Waals surface area contributed by atoms with Crippen molar-refractivity contribution in [2.75, 3.05) is 38.1 Å². The predicted molar refractivity (Wildman–Crippen MR) is 185 cm³/mol. The number of nitrogens with zero attached hydrogens (tertiary/aromatic N) is 4. The van der Waals surface area contributed by atoms with Crippen LogP contribution >= 0.6 is 11.6 Å². The van der Waals surface area contributed by atoms with Gasteiger partial charge in [0.1, 0.15) is 17.2 Å². The molecule has 0 aliphatic carbocycles. The van der Waals surface area contributed by atoms with Crippen LogP contribution in [0.5, 0.6) is 17.4 Å². The lowest BCUT2D eigenvalue weighted by atomic mass is 10.1. The zero-order chi connectivity index (χ0) is 35.4. The van der Waals surface area contributed by atoms with Crippen molar-refractivity contribution < 1.29 is 32.2 Å². The molecule has 2 amide bonds. The van der Waals surface area contributed by atoms with E-state index < -0.39 is 17.6 Å². The number of alkyl halides is 3. The molecule has 0 saturated carbocycles. The Labute approximate surface area is 292 Å². The number of nitrogens with one attached hydrogen (secondary N) is 1. The Bertz CT molecular complexity index is 1990. The van der Waals surface area contributed by atoms with Gasteiger partial charge in [0.05, 0.1) is 40.2 Å². The Morgan fingerprint density at radius 2 is 1.66 bits per heavy atom. The van der Waals surface area contributed by atoms with E-state index in [1.807, 2.05) is 46.8 Å². The fourth-order valence-corrected chi connectivity index (χ4v) is 5.99. The maximum Gasteiger partial charge on any atom is 0.416 e. The van der Waals surface area contributed by atoms with Crippen molar-refractivity contribution in [1.82, 2.24) is 19.4 Å². The number of pyridine rings is 1. The van der Waals surface area contributed by atoms with E-state index in [0.717, 1.165) is 54.8 Å². The zero-order valence-electron chi connectivity index (χ0n) is 27.5. The fourth-order valence-electron chi connectivity index (χ4n) is 5.73. The number of piperazine rings is 1. The minimum atomic E-state index is -4.57. The highest BCUT2D eigenvalue weighted by molar-refractivity contribution is 6.34. The van der Waals surface area contributed by atoms with E-state index in [-0.39, 0.29) is 22.4 Å². The fraction of sp³-hybridized carbons (Fsp3) is 0.270. The van der Waals surface area contributed by atoms with Gasteiger partial charge in [-0.05, 0) is 66.6 Å². The molecular formula is C37H35ClF3N5O4. The van der Waals surface area contributed by atoms with Crippen LogP contribution in [-0.4, -0.2) is 64.0 Å². The lowest BCUT2D eigenvalue weighted by molar-refractivity contribution is -0.137. The summed E-state index contributed by atoms with van der Waals surface area (Å²) < 4.78 is 52.3. The molecule has 1 fully saturated rings. The average Bonchev–Trinajstić information content (AvgIpc) is 3.43. The first-order valence-corrected chi connectivity index (χ1v) is 16.5. The summed E-state index contributed by atoms with van der Waals surface area (Å²) in [6, 6.07) is 21.2. The lowest BCUT2D eigenvalue weighted by Crippen LogP contribution is -2.48. The average molecular weight is 706 g/mol. The molecule has 50 heavy (non-hydrogen) atoms. The number of amides is 2. The molecular weight excluding hydrogens is 671 g/mol. The second-order valence-electron chi connectivity index (χ2n) is 12.0. The summed E-state index contributed by atoms with van der Waals surface area (Å²) in [5.41, 5.74) is 1.85. The number of fused-ring (bicyclic) bond motifs is 1. The van der Waals surface area contributed by atoms with Crippen molar-refractivity contribution in [2.24, 2.45) is 7.05 Å². The Morgan fingerprint density at radius 3 is 2.32 bits per heavy atom. The van der Waals surface area contributed by atoms with Gasteiger partial charge in [-0.15, -0.1) is 0 Å². The van der Waals surface area contributed by atoms with Crippen LogP contribution in [0.4, 0.5) is 18.9 Å². The summed E-state index contributed by atoms with van der Waals surface area (Å²) >= 11 is 5.94. The zero-order valence-corrected chi connectivity index (χ0v) is 28.2. The third-order valence-electron chi connectivity index (χ3n) is 8.46. The largest absolute Gasteiger partial charge is 0.494 e. The number of carbonyl (C=O) groups excluding carboxylic acids is 2. The summed E-state index contributed by atoms with van der Waals surface area (Å²) in [5, 5.41) is 3.14. The molecule has 2 aromatic heterocycles. The highest BCUT2D eigenvalue weighted by Gasteiger charge is 2.31. The van der Waals surface area contributed by atoms with Crippen molar-refractivity contribution in [3.05, 3.63) is 112 Å². The number of hydrogen-bond acceptors (Lipinski definition) is 6. The second kappa shape index (κ2) is 14.8. The number of rotatable bonds is 10. The normalized spacial score (nSPS) is 13.8. The molecule has 1 N–H and O–H groups in total. The Hall–Kier alpha value is -5.07. The topological polar surface area (TPSA) is 88.9 Å². The van der Waals surface area contributed by atoms with Gasteiger partial charge < -0.3 is 24.3 Å². The van der Waals surface area contributed by atoms with Crippen molar-refractivity contribution in [2.45, 2.75) is 26.1 Å². The first-order chi connectivity index (χ1) is 24.0. The maximum atomic E-state index is 13.6. The lowest BCUT2D eigenvalue weighted by Gasteiger charge is -2.34. The van der Waals surface area contributed by atoms with Crippen molar-refractivity contribution >= 4 is 40.0 Å². The van der Waals surface area contributed by atoms with Gasteiger partial charge in [0.2, 0.25) is 5.88 Å². The van der Waals surface area contributed by atoms with E-state index in [0.29, 0.717) is 42.9 Å². The van der Waals surface area contributed by atoms with Crippen LogP contribution in [0.25, 0.3) is 10.9 Å². The van der Waals surface area contributed by atoms with Crippen LogP contribution in [0, 0.1) is 0 Å². The standard InChI is InChI=1S/C37H35ClF3N5O4/c1-3-18-49-28-9-4-24(5-10-28)23-45-14-16-46(17-15-45)36(48)33-19-25-6-11-29(21-32(25)44(33)2)50-34-13-8-27(22-42-34)43-35(47)30-12-7-26(20-31(30)38)37(39,40)41/h4-13,19-22H,3,14-18,23H2,1-2H3,(H,43,47). The van der Waals surface area contributed by atoms with Gasteiger partial charge in [-0.2, -0.15) is 13.2 Å². The van der Waals surface area contributed by atoms with Crippen LogP contribution in [0.3, 0.4) is 0 Å². The third kappa shape index (κ3) is 8.03. The molecule has 5 aromatic rings. The first kappa shape index (κ1) is 34.8. The number of hydrogen-bond donors (Lipinski definition) is 1. The number of anilines is 1. The number of ether oxygens (including phenoxy) is 2. The Kier molecular flexibility index (Phi) is 10.3.